The van der Waals surface area contributed by atoms with Crippen molar-refractivity contribution in [3.05, 3.63) is 20.8 Å². The molecule has 1 heterocycles. The first-order chi connectivity index (χ1) is 7.72. The van der Waals surface area contributed by atoms with Gasteiger partial charge < -0.3 is 0 Å². The molecular formula is C13H17BrOS. The monoisotopic (exact) mass is 300 g/mol. The fourth-order valence-corrected chi connectivity index (χ4v) is 4.10. The van der Waals surface area contributed by atoms with E-state index in [1.807, 2.05) is 11.4 Å². The van der Waals surface area contributed by atoms with Crippen molar-refractivity contribution in [1.29, 1.82) is 0 Å². The molecule has 1 nitrogen and oxygen atoms in total. The number of hydrogen-bond acceptors (Lipinski definition) is 2. The van der Waals surface area contributed by atoms with Crippen LogP contribution in [-0.4, -0.2) is 5.78 Å². The van der Waals surface area contributed by atoms with Crippen LogP contribution in [0, 0.1) is 11.8 Å². The Morgan fingerprint density at radius 3 is 2.88 bits per heavy atom. The minimum Gasteiger partial charge on any atom is -0.293 e. The van der Waals surface area contributed by atoms with Gasteiger partial charge in [-0.25, -0.2) is 0 Å². The van der Waals surface area contributed by atoms with Gasteiger partial charge in [0.05, 0.1) is 4.88 Å². The first-order valence-corrected chi connectivity index (χ1v) is 7.68. The molecule has 2 unspecified atom stereocenters. The van der Waals surface area contributed by atoms with E-state index >= 15 is 0 Å². The van der Waals surface area contributed by atoms with Crippen molar-refractivity contribution in [2.45, 2.75) is 39.0 Å². The molecule has 1 aliphatic rings. The van der Waals surface area contributed by atoms with Crippen LogP contribution < -0.4 is 0 Å². The molecule has 1 aliphatic carbocycles. The molecule has 0 aliphatic heterocycles. The normalized spacial score (nSPS) is 25.6. The number of rotatable bonds is 3. The van der Waals surface area contributed by atoms with Gasteiger partial charge in [0.2, 0.25) is 0 Å². The molecule has 0 aromatic carbocycles. The van der Waals surface area contributed by atoms with Gasteiger partial charge in [-0.1, -0.05) is 26.2 Å². The van der Waals surface area contributed by atoms with E-state index in [9.17, 15) is 4.79 Å². The van der Waals surface area contributed by atoms with Gasteiger partial charge in [-0.15, -0.1) is 11.3 Å². The summed E-state index contributed by atoms with van der Waals surface area (Å²) in [4.78, 5) is 13.3. The van der Waals surface area contributed by atoms with Crippen LogP contribution in [0.5, 0.6) is 0 Å². The lowest BCUT2D eigenvalue weighted by Gasteiger charge is -2.29. The standard InChI is InChI=1S/C13H17BrOS/c1-2-9-5-3-4-6-11(9)13(15)12-7-10(14)8-16-12/h7-9,11H,2-6H2,1H3. The van der Waals surface area contributed by atoms with Crippen molar-refractivity contribution in [3.63, 3.8) is 0 Å². The Kier molecular flexibility index (Phi) is 4.20. The summed E-state index contributed by atoms with van der Waals surface area (Å²) in [5.74, 6) is 1.27. The number of ketones is 1. The summed E-state index contributed by atoms with van der Waals surface area (Å²) >= 11 is 4.98. The summed E-state index contributed by atoms with van der Waals surface area (Å²) < 4.78 is 1.03. The van der Waals surface area contributed by atoms with Gasteiger partial charge in [-0.2, -0.15) is 0 Å². The molecule has 1 aromatic heterocycles. The van der Waals surface area contributed by atoms with E-state index in [0.717, 1.165) is 22.2 Å². The first kappa shape index (κ1) is 12.3. The van der Waals surface area contributed by atoms with Gasteiger partial charge >= 0.3 is 0 Å². The highest BCUT2D eigenvalue weighted by Crippen LogP contribution is 2.36. The maximum Gasteiger partial charge on any atom is 0.176 e. The Morgan fingerprint density at radius 2 is 2.25 bits per heavy atom. The molecule has 88 valence electrons. The van der Waals surface area contributed by atoms with E-state index in [2.05, 4.69) is 22.9 Å². The van der Waals surface area contributed by atoms with Crippen molar-refractivity contribution in [1.82, 2.24) is 0 Å². The van der Waals surface area contributed by atoms with E-state index in [4.69, 9.17) is 0 Å². The molecule has 1 aromatic rings. The van der Waals surface area contributed by atoms with Crippen molar-refractivity contribution in [3.8, 4) is 0 Å². The maximum absolute atomic E-state index is 12.4. The Labute approximate surface area is 109 Å². The van der Waals surface area contributed by atoms with Crippen molar-refractivity contribution in [2.75, 3.05) is 0 Å². The zero-order chi connectivity index (χ0) is 11.5. The second kappa shape index (κ2) is 5.46. The molecule has 16 heavy (non-hydrogen) atoms. The van der Waals surface area contributed by atoms with Crippen LogP contribution in [0.4, 0.5) is 0 Å². The van der Waals surface area contributed by atoms with Crippen LogP contribution in [0.2, 0.25) is 0 Å². The van der Waals surface area contributed by atoms with Crippen LogP contribution in [0.15, 0.2) is 15.9 Å². The van der Waals surface area contributed by atoms with E-state index in [1.54, 1.807) is 11.3 Å². The maximum atomic E-state index is 12.4. The lowest BCUT2D eigenvalue weighted by atomic mass is 9.75. The average Bonchev–Trinajstić information content (AvgIpc) is 2.75. The topological polar surface area (TPSA) is 17.1 Å². The Hall–Kier alpha value is -0.150. The summed E-state index contributed by atoms with van der Waals surface area (Å²) in [6.45, 7) is 2.21. The first-order valence-electron chi connectivity index (χ1n) is 6.00. The molecule has 0 N–H and O–H groups in total. The minimum absolute atomic E-state index is 0.282. The summed E-state index contributed by atoms with van der Waals surface area (Å²) in [7, 11) is 0. The zero-order valence-corrected chi connectivity index (χ0v) is 11.9. The highest BCUT2D eigenvalue weighted by atomic mass is 79.9. The summed E-state index contributed by atoms with van der Waals surface area (Å²) in [5, 5.41) is 2.00. The predicted molar refractivity (Wildman–Crippen MR) is 72.1 cm³/mol. The summed E-state index contributed by atoms with van der Waals surface area (Å²) in [6.07, 6.45) is 5.99. The molecule has 0 bridgehead atoms. The Morgan fingerprint density at radius 1 is 1.50 bits per heavy atom. The van der Waals surface area contributed by atoms with E-state index in [0.29, 0.717) is 11.7 Å². The molecule has 1 saturated carbocycles. The third kappa shape index (κ3) is 2.57. The largest absolute Gasteiger partial charge is 0.293 e. The molecule has 0 spiro atoms. The minimum atomic E-state index is 0.282. The Balaban J connectivity index is 2.13. The van der Waals surface area contributed by atoms with E-state index < -0.39 is 0 Å². The molecule has 3 heteroatoms. The van der Waals surface area contributed by atoms with Gasteiger partial charge in [0, 0.05) is 15.8 Å². The quantitative estimate of drug-likeness (QED) is 0.725. The van der Waals surface area contributed by atoms with Gasteiger partial charge in [-0.3, -0.25) is 4.79 Å². The van der Waals surface area contributed by atoms with Crippen molar-refractivity contribution in [2.24, 2.45) is 11.8 Å². The average molecular weight is 301 g/mol. The number of hydrogen-bond donors (Lipinski definition) is 0. The molecular weight excluding hydrogens is 284 g/mol. The molecule has 2 atom stereocenters. The lowest BCUT2D eigenvalue weighted by Crippen LogP contribution is -2.26. The fraction of sp³-hybridized carbons (Fsp3) is 0.615. The molecule has 0 saturated heterocycles. The highest BCUT2D eigenvalue weighted by Gasteiger charge is 2.30. The Bertz CT molecular complexity index is 372. The fourth-order valence-electron chi connectivity index (χ4n) is 2.67. The van der Waals surface area contributed by atoms with Crippen LogP contribution in [0.3, 0.4) is 0 Å². The van der Waals surface area contributed by atoms with Crippen LogP contribution in [-0.2, 0) is 0 Å². The number of carbonyl (C=O) groups excluding carboxylic acids is 1. The second-order valence-electron chi connectivity index (χ2n) is 4.55. The molecule has 0 radical (unpaired) electrons. The molecule has 2 rings (SSSR count). The van der Waals surface area contributed by atoms with Crippen LogP contribution in [0.1, 0.15) is 48.7 Å². The van der Waals surface area contributed by atoms with E-state index in [-0.39, 0.29) is 5.92 Å². The van der Waals surface area contributed by atoms with Crippen molar-refractivity contribution < 1.29 is 4.79 Å². The van der Waals surface area contributed by atoms with Gasteiger partial charge in [0.25, 0.3) is 0 Å². The third-order valence-electron chi connectivity index (χ3n) is 3.58. The lowest BCUT2D eigenvalue weighted by molar-refractivity contribution is 0.0824. The van der Waals surface area contributed by atoms with E-state index in [1.165, 1.54) is 19.3 Å². The van der Waals surface area contributed by atoms with Crippen molar-refractivity contribution >= 4 is 33.0 Å². The predicted octanol–water partition coefficient (Wildman–Crippen LogP) is 4.91. The zero-order valence-electron chi connectivity index (χ0n) is 9.54. The summed E-state index contributed by atoms with van der Waals surface area (Å²) in [6, 6.07) is 1.97. The smallest absolute Gasteiger partial charge is 0.176 e. The highest BCUT2D eigenvalue weighted by molar-refractivity contribution is 9.10. The SMILES string of the molecule is CCC1CCCCC1C(=O)c1cc(Br)cs1. The van der Waals surface area contributed by atoms with Crippen LogP contribution >= 0.6 is 27.3 Å². The number of Topliss-reactive ketones (excluding diaryl/α,β-unsaturated/α-hetero) is 1. The second-order valence-corrected chi connectivity index (χ2v) is 6.38. The summed E-state index contributed by atoms with van der Waals surface area (Å²) in [5.41, 5.74) is 0. The van der Waals surface area contributed by atoms with Gasteiger partial charge in [0.1, 0.15) is 0 Å². The third-order valence-corrected chi connectivity index (χ3v) is 5.29. The number of carbonyl (C=O) groups is 1. The molecule has 1 fully saturated rings. The number of halogens is 1. The van der Waals surface area contributed by atoms with Gasteiger partial charge in [-0.05, 0) is 40.8 Å². The van der Waals surface area contributed by atoms with Crippen LogP contribution in [0.25, 0.3) is 0 Å². The number of thiophene rings is 1. The molecule has 0 amide bonds. The van der Waals surface area contributed by atoms with Gasteiger partial charge in [0.15, 0.2) is 5.78 Å².